The van der Waals surface area contributed by atoms with Gasteiger partial charge in [0.2, 0.25) is 5.91 Å². The van der Waals surface area contributed by atoms with Crippen molar-refractivity contribution in [2.75, 3.05) is 11.1 Å². The van der Waals surface area contributed by atoms with Gasteiger partial charge in [-0.1, -0.05) is 46.7 Å². The van der Waals surface area contributed by atoms with E-state index in [-0.39, 0.29) is 17.8 Å². The van der Waals surface area contributed by atoms with Crippen molar-refractivity contribution in [2.24, 2.45) is 0 Å². The number of carbonyl (C=O) groups excluding carboxylic acids is 1. The molecule has 0 unspecified atom stereocenters. The van der Waals surface area contributed by atoms with Gasteiger partial charge >= 0.3 is 0 Å². The van der Waals surface area contributed by atoms with Crippen LogP contribution in [-0.4, -0.2) is 26.4 Å². The Labute approximate surface area is 195 Å². The highest BCUT2D eigenvalue weighted by atomic mass is 79.9. The van der Waals surface area contributed by atoms with Crippen molar-refractivity contribution in [3.63, 3.8) is 0 Å². The van der Waals surface area contributed by atoms with Crippen molar-refractivity contribution in [1.29, 1.82) is 0 Å². The summed E-state index contributed by atoms with van der Waals surface area (Å²) in [5.41, 5.74) is 3.08. The molecule has 1 N–H and O–H groups in total. The Bertz CT molecular complexity index is 1040. The van der Waals surface area contributed by atoms with E-state index in [1.165, 1.54) is 17.3 Å². The third kappa shape index (κ3) is 6.11. The Hall–Kier alpha value is -2.32. The van der Waals surface area contributed by atoms with Gasteiger partial charge in [-0.3, -0.25) is 4.79 Å². The van der Waals surface area contributed by atoms with Gasteiger partial charge in [0.05, 0.1) is 5.75 Å². The first-order valence-corrected chi connectivity index (χ1v) is 12.1. The van der Waals surface area contributed by atoms with Gasteiger partial charge in [0.1, 0.15) is 5.75 Å². The second-order valence-electron chi connectivity index (χ2n) is 7.14. The number of anilines is 1. The van der Waals surface area contributed by atoms with E-state index in [0.717, 1.165) is 33.7 Å². The monoisotopic (exact) mass is 502 g/mol. The van der Waals surface area contributed by atoms with Crippen LogP contribution in [0.1, 0.15) is 43.8 Å². The van der Waals surface area contributed by atoms with Gasteiger partial charge in [0, 0.05) is 16.7 Å². The van der Waals surface area contributed by atoms with E-state index >= 15 is 0 Å². The van der Waals surface area contributed by atoms with E-state index in [2.05, 4.69) is 50.5 Å². The van der Waals surface area contributed by atoms with Gasteiger partial charge in [0.15, 0.2) is 17.1 Å². The lowest BCUT2D eigenvalue weighted by Crippen LogP contribution is -2.16. The molecule has 0 radical (unpaired) electrons. The highest BCUT2D eigenvalue weighted by Gasteiger charge is 2.19. The summed E-state index contributed by atoms with van der Waals surface area (Å²) in [6.45, 7) is 8.78. The highest BCUT2D eigenvalue weighted by Crippen LogP contribution is 2.25. The molecule has 1 amide bonds. The zero-order chi connectivity index (χ0) is 22.4. The first kappa shape index (κ1) is 23.3. The molecule has 3 aromatic rings. The Morgan fingerprint density at radius 2 is 1.94 bits per heavy atom. The Balaban J connectivity index is 1.62. The fourth-order valence-electron chi connectivity index (χ4n) is 3.15. The Morgan fingerprint density at radius 3 is 2.58 bits per heavy atom. The van der Waals surface area contributed by atoms with Gasteiger partial charge in [-0.05, 0) is 68.7 Å². The lowest BCUT2D eigenvalue weighted by Gasteiger charge is -2.16. The van der Waals surface area contributed by atoms with Crippen LogP contribution in [0.2, 0.25) is 0 Å². The predicted octanol–water partition coefficient (Wildman–Crippen LogP) is 5.80. The average molecular weight is 503 g/mol. The Morgan fingerprint density at radius 1 is 1.19 bits per heavy atom. The number of carbonyl (C=O) groups is 1. The predicted molar refractivity (Wildman–Crippen MR) is 129 cm³/mol. The lowest BCUT2D eigenvalue weighted by molar-refractivity contribution is -0.113. The summed E-state index contributed by atoms with van der Waals surface area (Å²) in [5, 5.41) is 12.3. The molecule has 0 aliphatic rings. The van der Waals surface area contributed by atoms with E-state index in [1.807, 2.05) is 55.7 Å². The summed E-state index contributed by atoms with van der Waals surface area (Å²) in [4.78, 5) is 12.4. The van der Waals surface area contributed by atoms with Crippen molar-refractivity contribution in [3.8, 4) is 5.75 Å². The number of halogens is 1. The molecular weight excluding hydrogens is 476 g/mol. The average Bonchev–Trinajstić information content (AvgIpc) is 3.18. The molecule has 0 aliphatic heterocycles. The molecule has 164 valence electrons. The van der Waals surface area contributed by atoms with Crippen molar-refractivity contribution in [1.82, 2.24) is 14.8 Å². The molecular formula is C23H27BrN4O2S. The summed E-state index contributed by atoms with van der Waals surface area (Å²) in [5.74, 6) is 1.71. The van der Waals surface area contributed by atoms with Crippen molar-refractivity contribution < 1.29 is 9.53 Å². The van der Waals surface area contributed by atoms with Crippen LogP contribution in [0.15, 0.2) is 52.1 Å². The van der Waals surface area contributed by atoms with Crippen LogP contribution in [0.4, 0.5) is 5.69 Å². The van der Waals surface area contributed by atoms with Gasteiger partial charge in [-0.2, -0.15) is 0 Å². The standard InChI is InChI=1S/C23H27BrN4O2S/c1-5-17-7-10-19(11-8-17)30-16(4)22-26-27-23(28(22)6-2)31-14-21(29)25-20-12-9-18(24)13-15(20)3/h7-13,16H,5-6,14H2,1-4H3,(H,25,29)/t16-/m0/s1. The highest BCUT2D eigenvalue weighted by molar-refractivity contribution is 9.10. The van der Waals surface area contributed by atoms with Crippen LogP contribution in [0.3, 0.4) is 0 Å². The van der Waals surface area contributed by atoms with Crippen LogP contribution in [0, 0.1) is 6.92 Å². The molecule has 0 saturated heterocycles. The summed E-state index contributed by atoms with van der Waals surface area (Å²) in [6.07, 6.45) is 0.740. The maximum Gasteiger partial charge on any atom is 0.234 e. The number of aromatic nitrogens is 3. The molecule has 0 saturated carbocycles. The van der Waals surface area contributed by atoms with Crippen molar-refractivity contribution in [2.45, 2.75) is 51.9 Å². The molecule has 1 aromatic heterocycles. The number of hydrogen-bond donors (Lipinski definition) is 1. The van der Waals surface area contributed by atoms with Gasteiger partial charge in [0.25, 0.3) is 0 Å². The van der Waals surface area contributed by atoms with E-state index in [4.69, 9.17) is 4.74 Å². The van der Waals surface area contributed by atoms with Gasteiger partial charge in [-0.25, -0.2) is 0 Å². The van der Waals surface area contributed by atoms with Gasteiger partial charge < -0.3 is 14.6 Å². The van der Waals surface area contributed by atoms with Crippen LogP contribution >= 0.6 is 27.7 Å². The topological polar surface area (TPSA) is 69.0 Å². The number of benzene rings is 2. The number of ether oxygens (including phenoxy) is 1. The first-order valence-electron chi connectivity index (χ1n) is 10.3. The van der Waals surface area contributed by atoms with Crippen LogP contribution in [-0.2, 0) is 17.8 Å². The summed E-state index contributed by atoms with van der Waals surface area (Å²) >= 11 is 4.81. The largest absolute Gasteiger partial charge is 0.483 e. The molecule has 0 spiro atoms. The maximum atomic E-state index is 12.4. The number of aryl methyl sites for hydroxylation is 2. The zero-order valence-electron chi connectivity index (χ0n) is 18.2. The molecule has 3 rings (SSSR count). The van der Waals surface area contributed by atoms with E-state index < -0.39 is 0 Å². The first-order chi connectivity index (χ1) is 14.9. The molecule has 8 heteroatoms. The fraction of sp³-hybridized carbons (Fsp3) is 0.348. The van der Waals surface area contributed by atoms with Crippen molar-refractivity contribution >= 4 is 39.3 Å². The number of nitrogens with one attached hydrogen (secondary N) is 1. The normalized spacial score (nSPS) is 11.9. The fourth-order valence-corrected chi connectivity index (χ4v) is 4.43. The van der Waals surface area contributed by atoms with E-state index in [9.17, 15) is 4.79 Å². The second kappa shape index (κ2) is 10.8. The molecule has 6 nitrogen and oxygen atoms in total. The quantitative estimate of drug-likeness (QED) is 0.374. The third-order valence-electron chi connectivity index (χ3n) is 4.86. The number of thioether (sulfide) groups is 1. The maximum absolute atomic E-state index is 12.4. The SMILES string of the molecule is CCc1ccc(O[C@@H](C)c2nnc(SCC(=O)Nc3ccc(Br)cc3C)n2CC)cc1. The van der Waals surface area contributed by atoms with E-state index in [1.54, 1.807) is 0 Å². The van der Waals surface area contributed by atoms with Crippen LogP contribution in [0.25, 0.3) is 0 Å². The summed E-state index contributed by atoms with van der Waals surface area (Å²) in [6, 6.07) is 13.9. The van der Waals surface area contributed by atoms with Crippen LogP contribution in [0.5, 0.6) is 5.75 Å². The molecule has 0 bridgehead atoms. The molecule has 1 heterocycles. The summed E-state index contributed by atoms with van der Waals surface area (Å²) in [7, 11) is 0. The van der Waals surface area contributed by atoms with Gasteiger partial charge in [-0.15, -0.1) is 10.2 Å². The minimum absolute atomic E-state index is 0.0806. The second-order valence-corrected chi connectivity index (χ2v) is 9.00. The zero-order valence-corrected chi connectivity index (χ0v) is 20.6. The van der Waals surface area contributed by atoms with Crippen LogP contribution < -0.4 is 10.1 Å². The lowest BCUT2D eigenvalue weighted by atomic mass is 10.2. The molecule has 1 atom stereocenters. The molecule has 2 aromatic carbocycles. The number of hydrogen-bond acceptors (Lipinski definition) is 5. The molecule has 31 heavy (non-hydrogen) atoms. The molecule has 0 fully saturated rings. The summed E-state index contributed by atoms with van der Waals surface area (Å²) < 4.78 is 9.05. The smallest absolute Gasteiger partial charge is 0.234 e. The molecule has 0 aliphatic carbocycles. The number of rotatable bonds is 9. The van der Waals surface area contributed by atoms with Crippen molar-refractivity contribution in [3.05, 3.63) is 63.9 Å². The minimum atomic E-state index is -0.256. The Kier molecular flexibility index (Phi) is 8.15. The minimum Gasteiger partial charge on any atom is -0.483 e. The number of nitrogens with zero attached hydrogens (tertiary/aromatic N) is 3. The van der Waals surface area contributed by atoms with E-state index in [0.29, 0.717) is 11.7 Å². The third-order valence-corrected chi connectivity index (χ3v) is 6.32. The number of amides is 1.